The molecular weight excluding hydrogens is 218 g/mol. The van der Waals surface area contributed by atoms with Crippen molar-refractivity contribution < 1.29 is 80.1 Å². The molecule has 1 nitrogen and oxygen atoms in total. The Labute approximate surface area is 97.6 Å². The van der Waals surface area contributed by atoms with Gasteiger partial charge in [-0.3, -0.25) is 0 Å². The Morgan fingerprint density at radius 1 is 1.67 bits per heavy atom. The Morgan fingerprint density at radius 3 is 1.83 bits per heavy atom. The number of hydrogen-bond acceptors (Lipinski definition) is 1. The van der Waals surface area contributed by atoms with Crippen LogP contribution in [0.3, 0.4) is 0 Å². The smallest absolute Gasteiger partial charge is 1.00 e. The van der Waals surface area contributed by atoms with E-state index in [0.717, 1.165) is 6.61 Å². The van der Waals surface area contributed by atoms with Crippen molar-refractivity contribution in [3.05, 3.63) is 0 Å². The van der Waals surface area contributed by atoms with Crippen molar-refractivity contribution in [1.29, 1.82) is 0 Å². The van der Waals surface area contributed by atoms with Gasteiger partial charge in [0.15, 0.2) is 0 Å². The fourth-order valence-corrected chi connectivity index (χ4v) is 0.0962. The molecule has 1 heterocycles. The number of halogens is 1. The van der Waals surface area contributed by atoms with E-state index >= 15 is 0 Å². The van der Waals surface area contributed by atoms with Crippen molar-refractivity contribution in [2.45, 2.75) is 13.0 Å². The topological polar surface area (TPSA) is 12.5 Å². The first-order valence-corrected chi connectivity index (χ1v) is 1.51. The molecule has 6 heavy (non-hydrogen) atoms. The van der Waals surface area contributed by atoms with Crippen LogP contribution in [0.25, 0.3) is 0 Å². The number of ether oxygens (including phenoxy) is 1. The van der Waals surface area contributed by atoms with Gasteiger partial charge in [0.25, 0.3) is 0 Å². The van der Waals surface area contributed by atoms with Crippen LogP contribution in [0, 0.1) is 0 Å². The van der Waals surface area contributed by atoms with Crippen molar-refractivity contribution in [3.63, 3.8) is 0 Å². The second-order valence-corrected chi connectivity index (χ2v) is 1.14. The summed E-state index contributed by atoms with van der Waals surface area (Å²) in [7, 11) is 0. The zero-order chi connectivity index (χ0) is 2.99. The first kappa shape index (κ1) is 11.2. The monoisotopic (exact) mass is 224 g/mol. The third-order valence-electron chi connectivity index (χ3n) is 0.500. The Hall–Kier alpha value is 2.33. The predicted molar refractivity (Wildman–Crippen MR) is 15.4 cm³/mol. The Morgan fingerprint density at radius 2 is 1.83 bits per heavy atom. The maximum Gasteiger partial charge on any atom is 1.00 e. The Kier molecular flexibility index (Phi) is 10.2. The standard InChI is InChI=1S/C3H6O.HI.K/c1-3-2-4-3;;/h3H,2H2,1H3;1H;/q;;+1/p-1. The van der Waals surface area contributed by atoms with Gasteiger partial charge in [-0.2, -0.15) is 0 Å². The normalized spacial score (nSPS) is 26.5. The largest absolute Gasteiger partial charge is 1.00 e. The maximum atomic E-state index is 4.71. The zero-order valence-electron chi connectivity index (χ0n) is 4.07. The SMILES string of the molecule is CC1CO1.[I-].[K+]. The molecule has 0 amide bonds. The van der Waals surface area contributed by atoms with Crippen LogP contribution in [0.15, 0.2) is 0 Å². The minimum atomic E-state index is 0. The van der Waals surface area contributed by atoms with Gasteiger partial charge in [-0.1, -0.05) is 0 Å². The van der Waals surface area contributed by atoms with Crippen LogP contribution in [-0.4, -0.2) is 12.7 Å². The van der Waals surface area contributed by atoms with Gasteiger partial charge in [0.2, 0.25) is 0 Å². The second kappa shape index (κ2) is 5.46. The summed E-state index contributed by atoms with van der Waals surface area (Å²) >= 11 is 0. The number of hydrogen-bond donors (Lipinski definition) is 0. The number of epoxide rings is 1. The molecule has 0 aromatic carbocycles. The molecule has 1 atom stereocenters. The van der Waals surface area contributed by atoms with Crippen LogP contribution in [0.1, 0.15) is 6.92 Å². The van der Waals surface area contributed by atoms with Crippen molar-refractivity contribution in [3.8, 4) is 0 Å². The fraction of sp³-hybridized carbons (Fsp3) is 1.00. The van der Waals surface area contributed by atoms with Gasteiger partial charge >= 0.3 is 51.4 Å². The van der Waals surface area contributed by atoms with Crippen molar-refractivity contribution in [2.75, 3.05) is 6.61 Å². The van der Waals surface area contributed by atoms with E-state index in [2.05, 4.69) is 6.92 Å². The molecule has 0 radical (unpaired) electrons. The van der Waals surface area contributed by atoms with Crippen LogP contribution < -0.4 is 75.4 Å². The molecule has 0 saturated carbocycles. The van der Waals surface area contributed by atoms with Gasteiger partial charge in [-0.05, 0) is 6.92 Å². The van der Waals surface area contributed by atoms with Crippen LogP contribution in [0.5, 0.6) is 0 Å². The van der Waals surface area contributed by atoms with E-state index in [1.807, 2.05) is 0 Å². The van der Waals surface area contributed by atoms with Crippen molar-refractivity contribution in [2.24, 2.45) is 0 Å². The molecule has 0 aliphatic carbocycles. The molecule has 32 valence electrons. The molecule has 0 spiro atoms. The average molecular weight is 224 g/mol. The van der Waals surface area contributed by atoms with Crippen LogP contribution in [0.2, 0.25) is 0 Å². The van der Waals surface area contributed by atoms with E-state index in [1.54, 1.807) is 0 Å². The third kappa shape index (κ3) is 6.33. The molecule has 1 unspecified atom stereocenters. The minimum Gasteiger partial charge on any atom is -1.00 e. The van der Waals surface area contributed by atoms with Crippen LogP contribution in [-0.2, 0) is 4.74 Å². The van der Waals surface area contributed by atoms with Gasteiger partial charge in [0, 0.05) is 0 Å². The third-order valence-corrected chi connectivity index (χ3v) is 0.500. The Bertz CT molecular complexity index is 30.0. The summed E-state index contributed by atoms with van der Waals surface area (Å²) in [4.78, 5) is 0. The summed E-state index contributed by atoms with van der Waals surface area (Å²) in [6.07, 6.45) is 0.583. The summed E-state index contributed by atoms with van der Waals surface area (Å²) in [5, 5.41) is 0. The van der Waals surface area contributed by atoms with E-state index in [0.29, 0.717) is 6.10 Å². The molecule has 0 bridgehead atoms. The average Bonchev–Trinajstić information content (AvgIpc) is 1.75. The molecule has 1 fully saturated rings. The van der Waals surface area contributed by atoms with Crippen molar-refractivity contribution in [1.82, 2.24) is 0 Å². The maximum absolute atomic E-state index is 4.71. The summed E-state index contributed by atoms with van der Waals surface area (Å²) in [5.41, 5.74) is 0. The summed E-state index contributed by atoms with van der Waals surface area (Å²) < 4.78 is 4.71. The molecule has 1 saturated heterocycles. The van der Waals surface area contributed by atoms with Gasteiger partial charge in [0.05, 0.1) is 12.7 Å². The molecule has 0 N–H and O–H groups in total. The molecule has 0 aromatic rings. The molecule has 0 aromatic heterocycles. The van der Waals surface area contributed by atoms with Crippen LogP contribution >= 0.6 is 0 Å². The van der Waals surface area contributed by atoms with E-state index in [9.17, 15) is 0 Å². The zero-order valence-corrected chi connectivity index (χ0v) is 9.35. The molecule has 3 heteroatoms. The van der Waals surface area contributed by atoms with E-state index in [-0.39, 0.29) is 75.4 Å². The van der Waals surface area contributed by atoms with Gasteiger partial charge in [-0.25, -0.2) is 0 Å². The molecule has 1 aliphatic rings. The van der Waals surface area contributed by atoms with E-state index in [1.165, 1.54) is 0 Å². The second-order valence-electron chi connectivity index (χ2n) is 1.14. The van der Waals surface area contributed by atoms with Gasteiger partial charge in [0.1, 0.15) is 0 Å². The first-order valence-electron chi connectivity index (χ1n) is 1.51. The molecule has 1 aliphatic heterocycles. The van der Waals surface area contributed by atoms with E-state index < -0.39 is 0 Å². The number of rotatable bonds is 0. The first-order chi connectivity index (χ1) is 1.89. The molecular formula is C3H6IKO. The summed E-state index contributed by atoms with van der Waals surface area (Å²) in [6.45, 7) is 3.04. The van der Waals surface area contributed by atoms with Crippen LogP contribution in [0.4, 0.5) is 0 Å². The molecule has 1 rings (SSSR count). The Balaban J connectivity index is 0. The van der Waals surface area contributed by atoms with E-state index in [4.69, 9.17) is 4.74 Å². The van der Waals surface area contributed by atoms with Gasteiger partial charge in [-0.15, -0.1) is 0 Å². The summed E-state index contributed by atoms with van der Waals surface area (Å²) in [5.74, 6) is 0. The van der Waals surface area contributed by atoms with Gasteiger partial charge < -0.3 is 28.7 Å². The predicted octanol–water partition coefficient (Wildman–Crippen LogP) is -5.59. The fourth-order valence-electron chi connectivity index (χ4n) is 0.0962. The minimum absolute atomic E-state index is 0. The van der Waals surface area contributed by atoms with Crippen molar-refractivity contribution >= 4 is 0 Å². The quantitative estimate of drug-likeness (QED) is 0.227. The summed E-state index contributed by atoms with van der Waals surface area (Å²) in [6, 6.07) is 0.